The number of fused-ring (bicyclic) bond motifs is 1. The largest absolute Gasteiger partial charge is 0.472 e. The molecule has 0 bridgehead atoms. The molecular formula is C15H14F2N4O4. The number of nitrogens with two attached hydrogens (primary N) is 1. The van der Waals surface area contributed by atoms with Gasteiger partial charge in [0.2, 0.25) is 6.23 Å². The molecule has 4 heterocycles. The van der Waals surface area contributed by atoms with Crippen LogP contribution in [0.2, 0.25) is 0 Å². The van der Waals surface area contributed by atoms with E-state index in [1.165, 1.54) is 18.7 Å². The maximum Gasteiger partial charge on any atom is 0.320 e. The van der Waals surface area contributed by atoms with E-state index in [1.54, 1.807) is 6.07 Å². The number of halogens is 2. The van der Waals surface area contributed by atoms with Gasteiger partial charge >= 0.3 is 5.92 Å². The van der Waals surface area contributed by atoms with Crippen LogP contribution in [0.15, 0.2) is 35.5 Å². The molecule has 3 atom stereocenters. The number of aliphatic hydroxyl groups excluding tert-OH is 2. The van der Waals surface area contributed by atoms with Crippen molar-refractivity contribution in [3.63, 3.8) is 0 Å². The minimum Gasteiger partial charge on any atom is -0.472 e. The summed E-state index contributed by atoms with van der Waals surface area (Å²) in [5.41, 5.74) is 7.13. The first-order valence-electron chi connectivity index (χ1n) is 7.41. The number of aliphatic hydroxyl groups is 2. The molecule has 0 saturated carbocycles. The van der Waals surface area contributed by atoms with Crippen molar-refractivity contribution in [2.75, 3.05) is 12.3 Å². The van der Waals surface area contributed by atoms with E-state index >= 15 is 0 Å². The van der Waals surface area contributed by atoms with Crippen molar-refractivity contribution in [2.24, 2.45) is 0 Å². The first kappa shape index (κ1) is 15.9. The van der Waals surface area contributed by atoms with E-state index in [-0.39, 0.29) is 11.5 Å². The van der Waals surface area contributed by atoms with Crippen LogP contribution in [0.5, 0.6) is 0 Å². The van der Waals surface area contributed by atoms with E-state index in [2.05, 4.69) is 9.97 Å². The number of hydrogen-bond donors (Lipinski definition) is 3. The van der Waals surface area contributed by atoms with Crippen LogP contribution in [-0.2, 0) is 4.74 Å². The van der Waals surface area contributed by atoms with Gasteiger partial charge in [-0.2, -0.15) is 8.78 Å². The van der Waals surface area contributed by atoms with Crippen molar-refractivity contribution < 1.29 is 28.1 Å². The van der Waals surface area contributed by atoms with Crippen LogP contribution in [0.1, 0.15) is 6.23 Å². The van der Waals surface area contributed by atoms with Gasteiger partial charge in [-0.25, -0.2) is 9.97 Å². The summed E-state index contributed by atoms with van der Waals surface area (Å²) in [5.74, 6) is -3.52. The predicted molar refractivity (Wildman–Crippen MR) is 81.6 cm³/mol. The van der Waals surface area contributed by atoms with Crippen LogP contribution < -0.4 is 5.73 Å². The van der Waals surface area contributed by atoms with E-state index in [0.29, 0.717) is 16.5 Å². The van der Waals surface area contributed by atoms with Crippen LogP contribution >= 0.6 is 0 Å². The number of nitrogens with zero attached hydrogens (tertiary/aromatic N) is 3. The van der Waals surface area contributed by atoms with Gasteiger partial charge in [0.05, 0.1) is 24.5 Å². The first-order valence-corrected chi connectivity index (χ1v) is 7.41. The molecule has 0 radical (unpaired) electrons. The highest BCUT2D eigenvalue weighted by atomic mass is 19.3. The number of furan rings is 1. The monoisotopic (exact) mass is 352 g/mol. The number of alkyl halides is 2. The molecule has 3 aromatic heterocycles. The molecule has 25 heavy (non-hydrogen) atoms. The lowest BCUT2D eigenvalue weighted by Crippen LogP contribution is -2.39. The van der Waals surface area contributed by atoms with E-state index < -0.39 is 31.0 Å². The number of anilines is 1. The topological polar surface area (TPSA) is 120 Å². The predicted octanol–water partition coefficient (Wildman–Crippen LogP) is 1.16. The summed E-state index contributed by atoms with van der Waals surface area (Å²) in [4.78, 5) is 7.95. The molecule has 4 rings (SSSR count). The quantitative estimate of drug-likeness (QED) is 0.647. The van der Waals surface area contributed by atoms with Gasteiger partial charge in [-0.05, 0) is 6.07 Å². The lowest BCUT2D eigenvalue weighted by molar-refractivity contribution is -0.137. The molecular weight excluding hydrogens is 338 g/mol. The van der Waals surface area contributed by atoms with Gasteiger partial charge in [0.1, 0.15) is 23.9 Å². The van der Waals surface area contributed by atoms with E-state index in [9.17, 15) is 13.9 Å². The molecule has 4 N–H and O–H groups in total. The average Bonchev–Trinajstić information content (AvgIpc) is 3.27. The highest BCUT2D eigenvalue weighted by molar-refractivity contribution is 6.00. The van der Waals surface area contributed by atoms with Crippen LogP contribution in [0, 0.1) is 0 Å². The molecule has 3 aromatic rings. The fourth-order valence-electron chi connectivity index (χ4n) is 3.04. The molecule has 10 heteroatoms. The normalized spacial score (nSPS) is 25.7. The van der Waals surface area contributed by atoms with Crippen LogP contribution in [0.4, 0.5) is 14.6 Å². The molecule has 1 aliphatic heterocycles. The van der Waals surface area contributed by atoms with Gasteiger partial charge in [-0.15, -0.1) is 0 Å². The zero-order chi connectivity index (χ0) is 17.8. The highest BCUT2D eigenvalue weighted by Crippen LogP contribution is 2.45. The third-order valence-corrected chi connectivity index (χ3v) is 4.28. The number of ether oxygens (including phenoxy) is 1. The summed E-state index contributed by atoms with van der Waals surface area (Å²) in [6, 6.07) is 1.64. The summed E-state index contributed by atoms with van der Waals surface area (Å²) in [5, 5.41) is 19.3. The summed E-state index contributed by atoms with van der Waals surface area (Å²) in [6.45, 7) is -0.738. The molecule has 1 saturated heterocycles. The lowest BCUT2D eigenvalue weighted by Gasteiger charge is -2.21. The SMILES string of the molecule is Nc1ncnc2c1c(-c1ccoc1)cn2[C@H]1O[C@H](CO)[C@@H](O)C1(F)F. The number of rotatable bonds is 3. The van der Waals surface area contributed by atoms with Crippen molar-refractivity contribution in [1.82, 2.24) is 14.5 Å². The number of aromatic nitrogens is 3. The van der Waals surface area contributed by atoms with Crippen LogP contribution in [0.25, 0.3) is 22.2 Å². The third-order valence-electron chi connectivity index (χ3n) is 4.28. The Morgan fingerprint density at radius 2 is 2.16 bits per heavy atom. The Kier molecular flexibility index (Phi) is 3.49. The van der Waals surface area contributed by atoms with Crippen molar-refractivity contribution in [2.45, 2.75) is 24.4 Å². The fraction of sp³-hybridized carbons (Fsp3) is 0.333. The van der Waals surface area contributed by atoms with Crippen molar-refractivity contribution in [3.8, 4) is 11.1 Å². The van der Waals surface area contributed by atoms with Crippen LogP contribution in [-0.4, -0.2) is 49.5 Å². The molecule has 1 aliphatic rings. The molecule has 0 amide bonds. The molecule has 132 valence electrons. The fourth-order valence-corrected chi connectivity index (χ4v) is 3.04. The standard InChI is InChI=1S/C15H14F2N4O4/c16-15(17)11(23)9(4-22)25-14(15)21-3-8(7-1-2-24-5-7)10-12(18)19-6-20-13(10)21/h1-3,5-6,9,11,14,22-23H,4H2,(H2,18,19,20)/t9-,11-,14+/m1/s1. The number of hydrogen-bond acceptors (Lipinski definition) is 7. The van der Waals surface area contributed by atoms with Gasteiger partial charge in [-0.3, -0.25) is 4.57 Å². The maximum atomic E-state index is 14.5. The zero-order valence-corrected chi connectivity index (χ0v) is 12.7. The second-order valence-corrected chi connectivity index (χ2v) is 5.75. The summed E-state index contributed by atoms with van der Waals surface area (Å²) in [6.07, 6.45) is 0.0176. The molecule has 0 aromatic carbocycles. The first-order chi connectivity index (χ1) is 11.9. The Balaban J connectivity index is 1.93. The van der Waals surface area contributed by atoms with Gasteiger partial charge in [0.25, 0.3) is 0 Å². The van der Waals surface area contributed by atoms with E-state index in [1.807, 2.05) is 0 Å². The Hall–Kier alpha value is -2.56. The highest BCUT2D eigenvalue weighted by Gasteiger charge is 2.59. The maximum absolute atomic E-state index is 14.5. The van der Waals surface area contributed by atoms with Crippen LogP contribution in [0.3, 0.4) is 0 Å². The van der Waals surface area contributed by atoms with Gasteiger partial charge < -0.3 is 25.1 Å². The molecule has 0 aliphatic carbocycles. The Bertz CT molecular complexity index is 912. The minimum absolute atomic E-state index is 0.112. The Morgan fingerprint density at radius 1 is 1.36 bits per heavy atom. The van der Waals surface area contributed by atoms with Crippen molar-refractivity contribution in [1.29, 1.82) is 0 Å². The van der Waals surface area contributed by atoms with E-state index in [4.69, 9.17) is 20.0 Å². The zero-order valence-electron chi connectivity index (χ0n) is 12.7. The van der Waals surface area contributed by atoms with Gasteiger partial charge in [0.15, 0.2) is 6.10 Å². The molecule has 8 nitrogen and oxygen atoms in total. The second kappa shape index (κ2) is 5.48. The molecule has 1 fully saturated rings. The Morgan fingerprint density at radius 3 is 2.80 bits per heavy atom. The lowest BCUT2D eigenvalue weighted by atomic mass is 10.1. The minimum atomic E-state index is -3.63. The second-order valence-electron chi connectivity index (χ2n) is 5.75. The summed E-state index contributed by atoms with van der Waals surface area (Å²) in [7, 11) is 0. The Labute approximate surface area is 139 Å². The third kappa shape index (κ3) is 2.22. The average molecular weight is 352 g/mol. The smallest absolute Gasteiger partial charge is 0.320 e. The molecule has 0 unspecified atom stereocenters. The van der Waals surface area contributed by atoms with Gasteiger partial charge in [-0.1, -0.05) is 0 Å². The van der Waals surface area contributed by atoms with Gasteiger partial charge in [0, 0.05) is 17.3 Å². The van der Waals surface area contributed by atoms with Crippen molar-refractivity contribution in [3.05, 3.63) is 31.1 Å². The molecule has 0 spiro atoms. The summed E-state index contributed by atoms with van der Waals surface area (Å²) < 4.78 is 40.3. The number of nitrogen functional groups attached to an aromatic ring is 1. The van der Waals surface area contributed by atoms with E-state index in [0.717, 1.165) is 10.9 Å². The summed E-state index contributed by atoms with van der Waals surface area (Å²) >= 11 is 0. The van der Waals surface area contributed by atoms with Crippen molar-refractivity contribution >= 4 is 16.9 Å².